The molecule has 5 heteroatoms. The Morgan fingerprint density at radius 3 is 2.27 bits per heavy atom. The van der Waals surface area contributed by atoms with Gasteiger partial charge in [-0.05, 0) is 31.7 Å². The lowest BCUT2D eigenvalue weighted by Gasteiger charge is -2.24. The minimum Gasteiger partial charge on any atom is -0.310 e. The highest BCUT2D eigenvalue weighted by atomic mass is 32.2. The molecule has 4 nitrogen and oxygen atoms in total. The molecule has 1 aromatic rings. The summed E-state index contributed by atoms with van der Waals surface area (Å²) in [6.45, 7) is 6.94. The van der Waals surface area contributed by atoms with Gasteiger partial charge in [-0.1, -0.05) is 76.3 Å². The van der Waals surface area contributed by atoms with E-state index in [2.05, 4.69) is 42.9 Å². The zero-order valence-electron chi connectivity index (χ0n) is 16.8. The van der Waals surface area contributed by atoms with Crippen LogP contribution >= 0.6 is 0 Å². The second kappa shape index (κ2) is 13.3. The van der Waals surface area contributed by atoms with Crippen molar-refractivity contribution < 1.29 is 8.42 Å². The fraction of sp³-hybridized carbons (Fsp3) is 0.714. The number of benzene rings is 1. The molecule has 0 saturated carbocycles. The second-order valence-corrected chi connectivity index (χ2v) is 9.25. The Labute approximate surface area is 161 Å². The van der Waals surface area contributed by atoms with Gasteiger partial charge in [0.05, 0.1) is 5.75 Å². The van der Waals surface area contributed by atoms with E-state index in [1.54, 1.807) is 0 Å². The Hall–Kier alpha value is -0.910. The number of hydrogen-bond acceptors (Lipinski definition) is 3. The van der Waals surface area contributed by atoms with Gasteiger partial charge in [0.2, 0.25) is 10.0 Å². The van der Waals surface area contributed by atoms with Gasteiger partial charge in [0.1, 0.15) is 0 Å². The Morgan fingerprint density at radius 2 is 1.62 bits per heavy atom. The molecule has 2 atom stereocenters. The highest BCUT2D eigenvalue weighted by Gasteiger charge is 2.17. The summed E-state index contributed by atoms with van der Waals surface area (Å²) in [6.07, 6.45) is 8.36. The first-order valence-electron chi connectivity index (χ1n) is 10.2. The minimum absolute atomic E-state index is 0.106. The maximum atomic E-state index is 12.2. The molecule has 0 amide bonds. The van der Waals surface area contributed by atoms with E-state index in [0.717, 1.165) is 32.1 Å². The topological polar surface area (TPSA) is 58.2 Å². The van der Waals surface area contributed by atoms with Crippen LogP contribution in [0.25, 0.3) is 0 Å². The van der Waals surface area contributed by atoms with Crippen molar-refractivity contribution in [2.75, 3.05) is 12.3 Å². The van der Waals surface area contributed by atoms with Crippen molar-refractivity contribution in [1.29, 1.82) is 0 Å². The smallest absolute Gasteiger partial charge is 0.211 e. The van der Waals surface area contributed by atoms with Crippen LogP contribution in [0.15, 0.2) is 30.3 Å². The SMILES string of the molecule is CCCCCC(C)NC(CNS(=O)(=O)CCCCC)Cc1ccccc1. The lowest BCUT2D eigenvalue weighted by Crippen LogP contribution is -2.46. The summed E-state index contributed by atoms with van der Waals surface area (Å²) < 4.78 is 27.3. The molecule has 0 bridgehead atoms. The monoisotopic (exact) mass is 382 g/mol. The molecule has 0 aromatic heterocycles. The highest BCUT2D eigenvalue weighted by molar-refractivity contribution is 7.89. The van der Waals surface area contributed by atoms with Gasteiger partial charge in [0.15, 0.2) is 0 Å². The van der Waals surface area contributed by atoms with Crippen molar-refractivity contribution in [1.82, 2.24) is 10.0 Å². The quantitative estimate of drug-likeness (QED) is 0.446. The highest BCUT2D eigenvalue weighted by Crippen LogP contribution is 2.08. The van der Waals surface area contributed by atoms with Gasteiger partial charge in [-0.2, -0.15) is 0 Å². The molecular weight excluding hydrogens is 344 g/mol. The van der Waals surface area contributed by atoms with Gasteiger partial charge < -0.3 is 5.32 Å². The Bertz CT molecular complexity index is 561. The second-order valence-electron chi connectivity index (χ2n) is 7.32. The van der Waals surface area contributed by atoms with Crippen LogP contribution in [-0.2, 0) is 16.4 Å². The first kappa shape index (κ1) is 23.1. The molecular formula is C21H38N2O2S. The van der Waals surface area contributed by atoms with Crippen LogP contribution in [0.1, 0.15) is 71.3 Å². The molecule has 26 heavy (non-hydrogen) atoms. The van der Waals surface area contributed by atoms with Crippen LogP contribution in [0.5, 0.6) is 0 Å². The molecule has 0 aliphatic heterocycles. The Balaban J connectivity index is 2.59. The zero-order valence-corrected chi connectivity index (χ0v) is 17.7. The summed E-state index contributed by atoms with van der Waals surface area (Å²) in [7, 11) is -3.19. The third kappa shape index (κ3) is 10.9. The van der Waals surface area contributed by atoms with Gasteiger partial charge in [-0.25, -0.2) is 13.1 Å². The predicted molar refractivity (Wildman–Crippen MR) is 112 cm³/mol. The molecule has 150 valence electrons. The lowest BCUT2D eigenvalue weighted by atomic mass is 10.0. The predicted octanol–water partition coefficient (Wildman–Crippen LogP) is 4.27. The zero-order chi connectivity index (χ0) is 19.3. The first-order chi connectivity index (χ1) is 12.5. The van der Waals surface area contributed by atoms with E-state index < -0.39 is 10.0 Å². The third-order valence-electron chi connectivity index (χ3n) is 4.65. The summed E-state index contributed by atoms with van der Waals surface area (Å²) >= 11 is 0. The molecule has 1 aromatic carbocycles. The standard InChI is InChI=1S/C21H38N2O2S/c1-4-6-9-13-19(3)23-21(17-20-14-10-8-11-15-20)18-22-26(24,25)16-12-7-5-2/h8,10-11,14-15,19,21-23H,4-7,9,12-13,16-18H2,1-3H3. The van der Waals surface area contributed by atoms with Crippen molar-refractivity contribution in [3.8, 4) is 0 Å². The summed E-state index contributed by atoms with van der Waals surface area (Å²) in [5.41, 5.74) is 1.23. The molecule has 0 aliphatic carbocycles. The van der Waals surface area contributed by atoms with E-state index in [1.165, 1.54) is 24.8 Å². The van der Waals surface area contributed by atoms with Gasteiger partial charge in [-0.3, -0.25) is 0 Å². The number of hydrogen-bond donors (Lipinski definition) is 2. The molecule has 0 saturated heterocycles. The van der Waals surface area contributed by atoms with E-state index in [9.17, 15) is 8.42 Å². The Kier molecular flexibility index (Phi) is 11.8. The number of unbranched alkanes of at least 4 members (excludes halogenated alkanes) is 4. The van der Waals surface area contributed by atoms with Crippen molar-refractivity contribution in [3.05, 3.63) is 35.9 Å². The summed E-state index contributed by atoms with van der Waals surface area (Å²) in [5.74, 6) is 0.227. The number of rotatable bonds is 15. The maximum absolute atomic E-state index is 12.2. The van der Waals surface area contributed by atoms with Gasteiger partial charge in [0.25, 0.3) is 0 Å². The van der Waals surface area contributed by atoms with Crippen molar-refractivity contribution in [3.63, 3.8) is 0 Å². The average molecular weight is 383 g/mol. The molecule has 0 aliphatic rings. The van der Waals surface area contributed by atoms with Crippen LogP contribution in [0.3, 0.4) is 0 Å². The largest absolute Gasteiger partial charge is 0.310 e. The van der Waals surface area contributed by atoms with Gasteiger partial charge in [0, 0.05) is 18.6 Å². The van der Waals surface area contributed by atoms with Crippen molar-refractivity contribution in [2.24, 2.45) is 0 Å². The van der Waals surface area contributed by atoms with E-state index in [1.807, 2.05) is 18.2 Å². The number of nitrogens with one attached hydrogen (secondary N) is 2. The normalized spacial score (nSPS) is 14.3. The average Bonchev–Trinajstić information content (AvgIpc) is 2.61. The molecule has 0 heterocycles. The van der Waals surface area contributed by atoms with Gasteiger partial charge in [-0.15, -0.1) is 0 Å². The van der Waals surface area contributed by atoms with Crippen LogP contribution < -0.4 is 10.0 Å². The molecule has 2 N–H and O–H groups in total. The third-order valence-corrected chi connectivity index (χ3v) is 6.08. The first-order valence-corrected chi connectivity index (χ1v) is 11.9. The van der Waals surface area contributed by atoms with E-state index in [0.29, 0.717) is 12.6 Å². The summed E-state index contributed by atoms with van der Waals surface area (Å²) in [6, 6.07) is 10.8. The molecule has 2 unspecified atom stereocenters. The van der Waals surface area contributed by atoms with E-state index >= 15 is 0 Å². The summed E-state index contributed by atoms with van der Waals surface area (Å²) in [4.78, 5) is 0. The van der Waals surface area contributed by atoms with Crippen LogP contribution in [0.4, 0.5) is 0 Å². The van der Waals surface area contributed by atoms with E-state index in [-0.39, 0.29) is 11.8 Å². The Morgan fingerprint density at radius 1 is 0.962 bits per heavy atom. The molecule has 0 fully saturated rings. The van der Waals surface area contributed by atoms with Crippen LogP contribution in [-0.4, -0.2) is 32.8 Å². The summed E-state index contributed by atoms with van der Waals surface area (Å²) in [5, 5.41) is 3.64. The van der Waals surface area contributed by atoms with E-state index in [4.69, 9.17) is 0 Å². The lowest BCUT2D eigenvalue weighted by molar-refractivity contribution is 0.408. The van der Waals surface area contributed by atoms with Crippen molar-refractivity contribution in [2.45, 2.75) is 84.2 Å². The molecule has 1 rings (SSSR count). The fourth-order valence-corrected chi connectivity index (χ4v) is 4.30. The molecule has 0 spiro atoms. The molecule has 0 radical (unpaired) electrons. The van der Waals surface area contributed by atoms with Crippen LogP contribution in [0.2, 0.25) is 0 Å². The fourth-order valence-electron chi connectivity index (χ4n) is 3.12. The minimum atomic E-state index is -3.19. The van der Waals surface area contributed by atoms with Crippen LogP contribution in [0, 0.1) is 0 Å². The van der Waals surface area contributed by atoms with Crippen molar-refractivity contribution >= 4 is 10.0 Å². The van der Waals surface area contributed by atoms with Gasteiger partial charge >= 0.3 is 0 Å². The maximum Gasteiger partial charge on any atom is 0.211 e. The number of sulfonamides is 1.